The highest BCUT2D eigenvalue weighted by molar-refractivity contribution is 7.52. The van der Waals surface area contributed by atoms with Gasteiger partial charge in [0, 0.05) is 59.5 Å². The van der Waals surface area contributed by atoms with Crippen LogP contribution in [0.4, 0.5) is 8.78 Å². The Morgan fingerprint density at radius 2 is 1.69 bits per heavy atom. The molecule has 19 heteroatoms. The number of pyridine rings is 1. The van der Waals surface area contributed by atoms with Crippen molar-refractivity contribution in [3.05, 3.63) is 98.8 Å². The number of imide groups is 1. The molecule has 7 atom stereocenters. The molecule has 4 aromatic rings. The summed E-state index contributed by atoms with van der Waals surface area (Å²) < 4.78 is 48.6. The number of carbonyl (C=O) groups excluding carboxylic acids is 5. The van der Waals surface area contributed by atoms with Gasteiger partial charge in [-0.1, -0.05) is 18.2 Å². The minimum Gasteiger partial charge on any atom is -0.494 e. The fraction of sp³-hybridized carbons (Fsp3) is 0.510. The largest absolute Gasteiger partial charge is 0.494 e. The highest BCUT2D eigenvalue weighted by Crippen LogP contribution is 2.60. The molecule has 2 aliphatic carbocycles. The number of aryl methyl sites for hydroxylation is 1. The standard InChI is InChI=1S/C49H54F2N5O10PS/c50-49(51,67(63,64)65)34-6-12-40-32(21-34)24-41(68-40)45(60)52-38-23-31-20-30(31)22-35-7-11-39(56(35)46(38)61)47(62)55-27-33(26-48(55)15-16-48)29-14-18-54(43(58)25-29)17-2-1-3-19-66-36-8-4-28(5-9-36)37-10-13-42(57)53-44(37)59/h4-6,8-9,12,14,18,21,24-25,30-31,33,35,37-39H,1-3,7,10-11,13,15-17,19-20,22-23,26-27H2,(H,52,60)(H,53,57,59)(H2,63,64,65)/t30-,31+,33+,35-,37?,38+,39+/m1/s1. The van der Waals surface area contributed by atoms with Crippen LogP contribution in [0.1, 0.15) is 122 Å². The van der Waals surface area contributed by atoms with Crippen LogP contribution in [0.3, 0.4) is 0 Å². The van der Waals surface area contributed by atoms with Crippen LogP contribution in [-0.4, -0.2) is 90.5 Å². The summed E-state index contributed by atoms with van der Waals surface area (Å²) in [6.45, 7) is 1.51. The summed E-state index contributed by atoms with van der Waals surface area (Å²) in [5.41, 5.74) is -3.93. The van der Waals surface area contributed by atoms with E-state index >= 15 is 0 Å². The van der Waals surface area contributed by atoms with E-state index in [1.54, 1.807) is 15.5 Å². The van der Waals surface area contributed by atoms with Crippen LogP contribution >= 0.6 is 18.9 Å². The lowest BCUT2D eigenvalue weighted by molar-refractivity contribution is -0.148. The van der Waals surface area contributed by atoms with Crippen LogP contribution in [0.15, 0.2) is 71.7 Å². The molecular weight excluding hydrogens is 920 g/mol. The molecule has 10 rings (SSSR count). The maximum Gasteiger partial charge on any atom is 0.399 e. The number of hydrogen-bond donors (Lipinski definition) is 4. The zero-order chi connectivity index (χ0) is 47.7. The molecular formula is C49H54F2N5O10PS. The molecule has 1 spiro atoms. The van der Waals surface area contributed by atoms with Gasteiger partial charge < -0.3 is 34.2 Å². The lowest BCUT2D eigenvalue weighted by Gasteiger charge is -2.37. The zero-order valence-electron chi connectivity index (χ0n) is 37.3. The molecule has 15 nitrogen and oxygen atoms in total. The first kappa shape index (κ1) is 46.4. The highest BCUT2D eigenvalue weighted by Gasteiger charge is 2.59. The molecule has 0 bridgehead atoms. The van der Waals surface area contributed by atoms with Gasteiger partial charge in [-0.05, 0) is 142 Å². The number of amides is 5. The average Bonchev–Trinajstić information content (AvgIpc) is 4.05. The average molecular weight is 974 g/mol. The first-order chi connectivity index (χ1) is 32.5. The van der Waals surface area contributed by atoms with E-state index in [4.69, 9.17) is 4.74 Å². The van der Waals surface area contributed by atoms with Crippen molar-refractivity contribution in [3.8, 4) is 5.75 Å². The number of piperidine rings is 1. The van der Waals surface area contributed by atoms with Crippen molar-refractivity contribution in [3.63, 3.8) is 0 Å². The minimum absolute atomic E-state index is 0.0288. The quantitative estimate of drug-likeness (QED) is 0.0614. The SMILES string of the molecule is O=C1CCC(c2ccc(OCCCCCn3ccc([C@@H]4CN(C(=O)[C@@H]5CC[C@@H]6C[C@H]7C[C@H]7C[C@H](NC(=O)c7cc8cc(C(F)(F)P(=O)(O)O)ccc8s7)C(=O)N65)C5(CC5)C4)cc3=O)cc2)C(=O)N1. The number of halogens is 2. The molecule has 2 aromatic carbocycles. The minimum atomic E-state index is -5.80. The van der Waals surface area contributed by atoms with E-state index < -0.39 is 36.8 Å². The normalized spacial score (nSPS) is 26.5. The number of fused-ring (bicyclic) bond motifs is 3. The Kier molecular flexibility index (Phi) is 12.2. The van der Waals surface area contributed by atoms with Gasteiger partial charge in [-0.2, -0.15) is 8.78 Å². The molecule has 4 N–H and O–H groups in total. The van der Waals surface area contributed by atoms with Gasteiger partial charge in [-0.25, -0.2) is 0 Å². The topological polar surface area (TPSA) is 205 Å². The van der Waals surface area contributed by atoms with E-state index in [-0.39, 0.29) is 68.8 Å². The van der Waals surface area contributed by atoms with Crippen LogP contribution in [0, 0.1) is 11.8 Å². The Balaban J connectivity index is 0.740. The van der Waals surface area contributed by atoms with E-state index in [2.05, 4.69) is 10.6 Å². The number of ether oxygens (including phenoxy) is 1. The third-order valence-corrected chi connectivity index (χ3v) is 17.4. The second-order valence-electron chi connectivity index (χ2n) is 19.7. The second-order valence-corrected chi connectivity index (χ2v) is 22.5. The third-order valence-electron chi connectivity index (χ3n) is 15.3. The maximum atomic E-state index is 14.7. The maximum absolute atomic E-state index is 14.7. The van der Waals surface area contributed by atoms with E-state index in [0.717, 1.165) is 86.0 Å². The number of nitrogens with zero attached hydrogens (tertiary/aromatic N) is 3. The second kappa shape index (κ2) is 17.9. The molecule has 68 heavy (non-hydrogen) atoms. The van der Waals surface area contributed by atoms with Crippen molar-refractivity contribution >= 4 is 58.6 Å². The van der Waals surface area contributed by atoms with Gasteiger partial charge in [0.2, 0.25) is 23.6 Å². The van der Waals surface area contributed by atoms with Crippen molar-refractivity contribution in [2.24, 2.45) is 11.8 Å². The number of likely N-dealkylation sites (tertiary alicyclic amines) is 1. The first-order valence-electron chi connectivity index (χ1n) is 23.7. The van der Waals surface area contributed by atoms with Crippen LogP contribution < -0.4 is 20.9 Å². The molecule has 360 valence electrons. The summed E-state index contributed by atoms with van der Waals surface area (Å²) in [5, 5.41) is 5.52. The van der Waals surface area contributed by atoms with Crippen molar-refractivity contribution in [1.82, 2.24) is 25.0 Å². The van der Waals surface area contributed by atoms with Crippen LogP contribution in [-0.2, 0) is 36.0 Å². The zero-order valence-corrected chi connectivity index (χ0v) is 39.0. The van der Waals surface area contributed by atoms with Gasteiger partial charge in [0.15, 0.2) is 0 Å². The molecule has 4 saturated heterocycles. The number of alkyl halides is 2. The number of unbranched alkanes of at least 4 members (excludes halogenated alkanes) is 2. The van der Waals surface area contributed by atoms with E-state index in [1.807, 2.05) is 41.4 Å². The predicted octanol–water partition coefficient (Wildman–Crippen LogP) is 6.50. The first-order valence-corrected chi connectivity index (χ1v) is 26.1. The van der Waals surface area contributed by atoms with Gasteiger partial charge >= 0.3 is 13.3 Å². The Morgan fingerprint density at radius 1 is 0.912 bits per heavy atom. The monoisotopic (exact) mass is 973 g/mol. The molecule has 6 fully saturated rings. The number of hydrogen-bond acceptors (Lipinski definition) is 9. The lowest BCUT2D eigenvalue weighted by Crippen LogP contribution is -2.57. The van der Waals surface area contributed by atoms with E-state index in [1.165, 1.54) is 12.1 Å². The van der Waals surface area contributed by atoms with Crippen molar-refractivity contribution in [2.75, 3.05) is 13.2 Å². The van der Waals surface area contributed by atoms with Gasteiger partial charge in [0.1, 0.15) is 17.8 Å². The Labute approximate surface area is 394 Å². The van der Waals surface area contributed by atoms with Crippen molar-refractivity contribution in [2.45, 2.75) is 131 Å². The van der Waals surface area contributed by atoms with Gasteiger partial charge in [-0.15, -0.1) is 11.3 Å². The smallest absolute Gasteiger partial charge is 0.399 e. The number of rotatable bonds is 14. The third kappa shape index (κ3) is 9.04. The number of nitrogens with one attached hydrogen (secondary N) is 2. The summed E-state index contributed by atoms with van der Waals surface area (Å²) >= 11 is 1.02. The van der Waals surface area contributed by atoms with Crippen LogP contribution in [0.2, 0.25) is 0 Å². The molecule has 0 radical (unpaired) electrons. The fourth-order valence-corrected chi connectivity index (χ4v) is 12.7. The number of thiophene rings is 1. The summed E-state index contributed by atoms with van der Waals surface area (Å²) in [6, 6.07) is 13.9. The van der Waals surface area contributed by atoms with Gasteiger partial charge in [0.05, 0.1) is 17.4 Å². The lowest BCUT2D eigenvalue weighted by atomic mass is 9.90. The van der Waals surface area contributed by atoms with Gasteiger partial charge in [-0.3, -0.25) is 38.6 Å². The van der Waals surface area contributed by atoms with E-state index in [9.17, 15) is 51.9 Å². The fourth-order valence-electron chi connectivity index (χ4n) is 11.3. The number of benzene rings is 2. The molecule has 2 aromatic heterocycles. The Morgan fingerprint density at radius 3 is 2.43 bits per heavy atom. The summed E-state index contributed by atoms with van der Waals surface area (Å²) in [6.07, 6.45) is 10.9. The molecule has 6 heterocycles. The molecule has 2 saturated carbocycles. The van der Waals surface area contributed by atoms with Crippen LogP contribution in [0.5, 0.6) is 5.75 Å². The molecule has 5 amide bonds. The summed E-state index contributed by atoms with van der Waals surface area (Å²) in [5.74, 6) is -0.491. The van der Waals surface area contributed by atoms with Gasteiger partial charge in [0.25, 0.3) is 11.5 Å². The number of carbonyl (C=O) groups is 5. The Hall–Kier alpha value is -5.29. The number of aromatic nitrogens is 1. The molecule has 6 aliphatic rings. The van der Waals surface area contributed by atoms with E-state index in [0.29, 0.717) is 68.2 Å². The summed E-state index contributed by atoms with van der Waals surface area (Å²) in [7, 11) is -5.80. The summed E-state index contributed by atoms with van der Waals surface area (Å²) in [4.78, 5) is 102. The Bertz CT molecular complexity index is 2790. The predicted molar refractivity (Wildman–Crippen MR) is 246 cm³/mol. The molecule has 1 unspecified atom stereocenters. The highest BCUT2D eigenvalue weighted by atomic mass is 32.1. The van der Waals surface area contributed by atoms with Crippen molar-refractivity contribution < 1.29 is 51.8 Å². The van der Waals surface area contributed by atoms with Crippen molar-refractivity contribution in [1.29, 1.82) is 0 Å². The molecule has 4 aliphatic heterocycles. The van der Waals surface area contributed by atoms with Crippen LogP contribution in [0.25, 0.3) is 10.1 Å².